The Hall–Kier alpha value is -7.73. The minimum atomic E-state index is 0.614. The van der Waals surface area contributed by atoms with Crippen molar-refractivity contribution >= 4 is 64.1 Å². The number of para-hydroxylation sites is 1. The number of benzene rings is 9. The monoisotopic (exact) mass is 782 g/mol. The van der Waals surface area contributed by atoms with E-state index in [1.165, 1.54) is 47.3 Å². The molecule has 0 fully saturated rings. The van der Waals surface area contributed by atoms with Crippen LogP contribution in [0, 0.1) is 0 Å². The molecular formula is C55H34N4S. The first kappa shape index (κ1) is 34.3. The predicted molar refractivity (Wildman–Crippen MR) is 252 cm³/mol. The van der Waals surface area contributed by atoms with Crippen LogP contribution in [0.3, 0.4) is 0 Å². The van der Waals surface area contributed by atoms with E-state index >= 15 is 0 Å². The van der Waals surface area contributed by atoms with Crippen LogP contribution in [0.25, 0.3) is 115 Å². The van der Waals surface area contributed by atoms with Gasteiger partial charge in [0.15, 0.2) is 17.5 Å². The molecule has 3 heterocycles. The van der Waals surface area contributed by atoms with Crippen LogP contribution in [0.15, 0.2) is 206 Å². The van der Waals surface area contributed by atoms with Gasteiger partial charge in [-0.1, -0.05) is 176 Å². The van der Waals surface area contributed by atoms with Crippen LogP contribution in [-0.2, 0) is 0 Å². The fourth-order valence-electron chi connectivity index (χ4n) is 8.87. The summed E-state index contributed by atoms with van der Waals surface area (Å²) in [6.45, 7) is 0. The molecule has 3 aromatic heterocycles. The molecule has 9 aromatic carbocycles. The molecular weight excluding hydrogens is 749 g/mol. The Kier molecular flexibility index (Phi) is 8.00. The van der Waals surface area contributed by atoms with Crippen molar-refractivity contribution in [3.63, 3.8) is 0 Å². The first-order chi connectivity index (χ1) is 29.7. The molecule has 0 aliphatic carbocycles. The van der Waals surface area contributed by atoms with Gasteiger partial charge in [-0.3, -0.25) is 0 Å². The van der Waals surface area contributed by atoms with E-state index in [2.05, 4.69) is 193 Å². The molecule has 0 saturated heterocycles. The largest absolute Gasteiger partial charge is 0.309 e. The Morgan fingerprint density at radius 1 is 0.350 bits per heavy atom. The number of rotatable bonds is 6. The third-order valence-corrected chi connectivity index (χ3v) is 12.9. The fourth-order valence-corrected chi connectivity index (χ4v) is 10.1. The lowest BCUT2D eigenvalue weighted by Crippen LogP contribution is -2.02. The summed E-state index contributed by atoms with van der Waals surface area (Å²) in [5, 5.41) is 7.49. The molecule has 280 valence electrons. The van der Waals surface area contributed by atoms with Crippen molar-refractivity contribution in [1.82, 2.24) is 19.5 Å². The second-order valence-electron chi connectivity index (χ2n) is 15.2. The van der Waals surface area contributed by atoms with Crippen LogP contribution in [-0.4, -0.2) is 19.5 Å². The van der Waals surface area contributed by atoms with Crippen molar-refractivity contribution < 1.29 is 0 Å². The predicted octanol–water partition coefficient (Wildman–Crippen LogP) is 14.8. The van der Waals surface area contributed by atoms with E-state index in [4.69, 9.17) is 15.0 Å². The van der Waals surface area contributed by atoms with E-state index in [-0.39, 0.29) is 0 Å². The van der Waals surface area contributed by atoms with Crippen LogP contribution in [0.5, 0.6) is 0 Å². The number of aromatic nitrogens is 4. The molecule has 12 aromatic rings. The lowest BCUT2D eigenvalue weighted by molar-refractivity contribution is 1.07. The van der Waals surface area contributed by atoms with E-state index in [0.717, 1.165) is 50.1 Å². The van der Waals surface area contributed by atoms with Crippen molar-refractivity contribution in [2.75, 3.05) is 0 Å². The maximum atomic E-state index is 5.29. The van der Waals surface area contributed by atoms with Gasteiger partial charge in [-0.05, 0) is 57.8 Å². The molecule has 0 spiro atoms. The summed E-state index contributed by atoms with van der Waals surface area (Å²) in [7, 11) is 0. The van der Waals surface area contributed by atoms with E-state index < -0.39 is 0 Å². The molecule has 0 aliphatic rings. The van der Waals surface area contributed by atoms with Gasteiger partial charge in [0, 0.05) is 53.2 Å². The number of thiophene rings is 1. The van der Waals surface area contributed by atoms with Gasteiger partial charge >= 0.3 is 0 Å². The zero-order valence-electron chi connectivity index (χ0n) is 32.3. The molecule has 0 unspecified atom stereocenters. The molecule has 0 radical (unpaired) electrons. The van der Waals surface area contributed by atoms with Crippen molar-refractivity contribution in [3.8, 4) is 62.1 Å². The molecule has 5 heteroatoms. The second kappa shape index (κ2) is 14.0. The van der Waals surface area contributed by atoms with Gasteiger partial charge in [0.2, 0.25) is 0 Å². The summed E-state index contributed by atoms with van der Waals surface area (Å²) in [4.78, 5) is 15.7. The first-order valence-corrected chi connectivity index (χ1v) is 21.0. The summed E-state index contributed by atoms with van der Waals surface area (Å²) in [5.74, 6) is 1.87. The molecule has 0 saturated carbocycles. The van der Waals surface area contributed by atoms with Crippen LogP contribution < -0.4 is 0 Å². The van der Waals surface area contributed by atoms with Crippen molar-refractivity contribution in [1.29, 1.82) is 0 Å². The van der Waals surface area contributed by atoms with Crippen LogP contribution >= 0.6 is 11.3 Å². The maximum Gasteiger partial charge on any atom is 0.164 e. The summed E-state index contributed by atoms with van der Waals surface area (Å²) in [5.41, 5.74) is 10.7. The van der Waals surface area contributed by atoms with Gasteiger partial charge in [-0.25, -0.2) is 15.0 Å². The van der Waals surface area contributed by atoms with Gasteiger partial charge in [0.25, 0.3) is 0 Å². The highest BCUT2D eigenvalue weighted by Gasteiger charge is 2.20. The molecule has 0 amide bonds. The Morgan fingerprint density at radius 2 is 0.950 bits per heavy atom. The van der Waals surface area contributed by atoms with E-state index in [1.54, 1.807) is 0 Å². The van der Waals surface area contributed by atoms with Crippen LogP contribution in [0.1, 0.15) is 0 Å². The highest BCUT2D eigenvalue weighted by atomic mass is 32.1. The third-order valence-electron chi connectivity index (χ3n) is 11.6. The molecule has 60 heavy (non-hydrogen) atoms. The summed E-state index contributed by atoms with van der Waals surface area (Å²) in [6.07, 6.45) is 0. The molecule has 0 aliphatic heterocycles. The number of nitrogens with zero attached hydrogens (tertiary/aromatic N) is 4. The van der Waals surface area contributed by atoms with Gasteiger partial charge in [0.05, 0.1) is 16.7 Å². The van der Waals surface area contributed by atoms with Gasteiger partial charge in [0.1, 0.15) is 0 Å². The number of hydrogen-bond acceptors (Lipinski definition) is 4. The molecule has 12 rings (SSSR count). The Bertz CT molecular complexity index is 3610. The van der Waals surface area contributed by atoms with Crippen LogP contribution in [0.4, 0.5) is 0 Å². The van der Waals surface area contributed by atoms with Gasteiger partial charge in [-0.15, -0.1) is 11.3 Å². The summed E-state index contributed by atoms with van der Waals surface area (Å²) in [6, 6.07) is 73.3. The van der Waals surface area contributed by atoms with E-state index in [9.17, 15) is 0 Å². The first-order valence-electron chi connectivity index (χ1n) is 20.2. The third kappa shape index (κ3) is 5.63. The average Bonchev–Trinajstić information content (AvgIpc) is 3.88. The van der Waals surface area contributed by atoms with Crippen molar-refractivity contribution in [2.24, 2.45) is 0 Å². The highest BCUT2D eigenvalue weighted by Crippen LogP contribution is 2.42. The van der Waals surface area contributed by atoms with Crippen molar-refractivity contribution in [2.45, 2.75) is 0 Å². The lowest BCUT2D eigenvalue weighted by Gasteiger charge is -2.16. The Morgan fingerprint density at radius 3 is 1.77 bits per heavy atom. The number of fused-ring (bicyclic) bond motifs is 8. The van der Waals surface area contributed by atoms with Crippen molar-refractivity contribution in [3.05, 3.63) is 206 Å². The highest BCUT2D eigenvalue weighted by molar-refractivity contribution is 7.26. The van der Waals surface area contributed by atoms with Crippen LogP contribution in [0.2, 0.25) is 0 Å². The van der Waals surface area contributed by atoms with E-state index in [0.29, 0.717) is 17.5 Å². The minimum Gasteiger partial charge on any atom is -0.309 e. The van der Waals surface area contributed by atoms with Gasteiger partial charge < -0.3 is 4.57 Å². The quantitative estimate of drug-likeness (QED) is 0.169. The molecule has 4 nitrogen and oxygen atoms in total. The minimum absolute atomic E-state index is 0.614. The Labute approximate surface area is 350 Å². The topological polar surface area (TPSA) is 43.6 Å². The second-order valence-corrected chi connectivity index (χ2v) is 16.2. The SMILES string of the molecule is c1ccc(-c2nc(-c3cccc(-c4cccc5c4sc4ccccc45)c3)nc(-c3ccc(-c4ccccc4)c(-n4c5ccccc5c5c6ccccc6ccc54)c3)n2)cc1. The normalized spacial score (nSPS) is 11.7. The van der Waals surface area contributed by atoms with Gasteiger partial charge in [-0.2, -0.15) is 0 Å². The Balaban J connectivity index is 1.08. The summed E-state index contributed by atoms with van der Waals surface area (Å²) < 4.78 is 4.99. The zero-order chi connectivity index (χ0) is 39.6. The molecule has 0 N–H and O–H groups in total. The fraction of sp³-hybridized carbons (Fsp3) is 0. The lowest BCUT2D eigenvalue weighted by atomic mass is 10.00. The zero-order valence-corrected chi connectivity index (χ0v) is 33.1. The standard InChI is InChI=1S/C55H34N4S/c1-3-15-35(16-4-1)41-31-29-40(34-49(41)59-47-27-11-9-24-46(47)51-42-22-8-7-17-36(42)30-32-48(51)59)55-57-53(37-18-5-2-6-19-37)56-54(58-55)39-21-13-20-38(33-39)43-25-14-26-45-44-23-10-12-28-50(44)60-52(43)45/h1-34H. The smallest absolute Gasteiger partial charge is 0.164 e. The number of hydrogen-bond donors (Lipinski definition) is 0. The average molecular weight is 783 g/mol. The molecule has 0 bridgehead atoms. The summed E-state index contributed by atoms with van der Waals surface area (Å²) >= 11 is 1.84. The molecule has 0 atom stereocenters. The maximum absolute atomic E-state index is 5.29. The van der Waals surface area contributed by atoms with E-state index in [1.807, 2.05) is 29.5 Å².